The predicted octanol–water partition coefficient (Wildman–Crippen LogP) is 7.09. The highest BCUT2D eigenvalue weighted by atomic mass is 35.5. The van der Waals surface area contributed by atoms with Crippen molar-refractivity contribution in [2.75, 3.05) is 60.1 Å². The zero-order valence-electron chi connectivity index (χ0n) is 29.5. The number of unbranched alkanes of at least 4 members (excludes halogenated alkanes) is 1. The van der Waals surface area contributed by atoms with E-state index in [2.05, 4.69) is 59.7 Å². The van der Waals surface area contributed by atoms with Crippen molar-refractivity contribution in [3.8, 4) is 0 Å². The molecule has 4 bridgehead atoms. The molecule has 2 aromatic carbocycles. The quantitative estimate of drug-likeness (QED) is 0.0977. The molecule has 0 unspecified atom stereocenters. The van der Waals surface area contributed by atoms with Crippen LogP contribution in [0.2, 0.25) is 5.02 Å². The lowest BCUT2D eigenvalue weighted by Crippen LogP contribution is -2.47. The summed E-state index contributed by atoms with van der Waals surface area (Å²) in [6.07, 6.45) is 12.8. The van der Waals surface area contributed by atoms with Crippen molar-refractivity contribution >= 4 is 52.2 Å². The highest BCUT2D eigenvalue weighted by molar-refractivity contribution is 6.32. The summed E-state index contributed by atoms with van der Waals surface area (Å²) in [5, 5.41) is 13.0. The molecule has 1 saturated heterocycles. The molecule has 2 heterocycles. The maximum Gasteiger partial charge on any atom is 0.247 e. The smallest absolute Gasteiger partial charge is 0.247 e. The van der Waals surface area contributed by atoms with Gasteiger partial charge in [-0.2, -0.15) is 4.98 Å². The fraction of sp³-hybridized carbons (Fsp3) is 0.500. The number of nitrogens with zero attached hydrogens (tertiary/aromatic N) is 4. The number of carbonyl (C=O) groups excluding carboxylic acids is 2. The van der Waals surface area contributed by atoms with Gasteiger partial charge in [0.05, 0.1) is 6.20 Å². The van der Waals surface area contributed by atoms with Crippen LogP contribution in [-0.2, 0) is 16.1 Å². The molecule has 11 heteroatoms. The van der Waals surface area contributed by atoms with Crippen LogP contribution in [0.4, 0.5) is 28.8 Å². The van der Waals surface area contributed by atoms with Crippen molar-refractivity contribution < 1.29 is 9.59 Å². The first kappa shape index (κ1) is 35.3. The number of benzene rings is 2. The average Bonchev–Trinajstić information content (AvgIpc) is 3.13. The highest BCUT2D eigenvalue weighted by Crippen LogP contribution is 2.57. The Labute approximate surface area is 306 Å². The van der Waals surface area contributed by atoms with Crippen molar-refractivity contribution in [1.82, 2.24) is 20.2 Å². The lowest BCUT2D eigenvalue weighted by molar-refractivity contribution is -0.126. The van der Waals surface area contributed by atoms with Gasteiger partial charge in [-0.1, -0.05) is 30.3 Å². The van der Waals surface area contributed by atoms with Gasteiger partial charge in [-0.05, 0) is 129 Å². The maximum absolute atomic E-state index is 12.8. The van der Waals surface area contributed by atoms with Crippen LogP contribution < -0.4 is 26.2 Å². The number of carbonyl (C=O) groups is 2. The van der Waals surface area contributed by atoms with Gasteiger partial charge in [-0.25, -0.2) is 4.98 Å². The summed E-state index contributed by atoms with van der Waals surface area (Å²) in [5.74, 6) is 5.22. The zero-order chi connectivity index (χ0) is 35.2. The van der Waals surface area contributed by atoms with Gasteiger partial charge in [-0.15, -0.1) is 0 Å². The number of aromatic nitrogens is 2. The topological polar surface area (TPSA) is 115 Å². The van der Waals surface area contributed by atoms with Crippen LogP contribution in [0.5, 0.6) is 0 Å². The summed E-state index contributed by atoms with van der Waals surface area (Å²) < 4.78 is 0. The Kier molecular flexibility index (Phi) is 11.4. The summed E-state index contributed by atoms with van der Waals surface area (Å²) >= 11 is 6.40. The van der Waals surface area contributed by atoms with Gasteiger partial charge in [0.15, 0.2) is 5.82 Å². The molecule has 5 aliphatic rings. The van der Waals surface area contributed by atoms with E-state index in [1.54, 1.807) is 6.20 Å². The molecule has 51 heavy (non-hydrogen) atoms. The third-order valence-electron chi connectivity index (χ3n) is 11.5. The fourth-order valence-electron chi connectivity index (χ4n) is 9.15. The minimum absolute atomic E-state index is 0.257. The van der Waals surface area contributed by atoms with E-state index in [4.69, 9.17) is 11.6 Å². The first-order valence-electron chi connectivity index (χ1n) is 18.8. The van der Waals surface area contributed by atoms with Crippen LogP contribution in [-0.4, -0.2) is 66.0 Å². The Morgan fingerprint density at radius 3 is 2.39 bits per heavy atom. The van der Waals surface area contributed by atoms with Crippen molar-refractivity contribution in [3.05, 3.63) is 78.0 Å². The molecular formula is C40H51ClN8O2. The largest absolute Gasteiger partial charge is 0.369 e. The number of piperazine rings is 1. The van der Waals surface area contributed by atoms with E-state index in [1.807, 2.05) is 36.4 Å². The van der Waals surface area contributed by atoms with Crippen molar-refractivity contribution in [3.63, 3.8) is 0 Å². The molecule has 4 N–H and O–H groups in total. The molecule has 4 saturated carbocycles. The van der Waals surface area contributed by atoms with Crippen LogP contribution in [0, 0.1) is 29.6 Å². The van der Waals surface area contributed by atoms with E-state index < -0.39 is 0 Å². The number of amides is 2. The average molecular weight is 711 g/mol. The summed E-state index contributed by atoms with van der Waals surface area (Å²) in [6, 6.07) is 15.9. The molecule has 0 atom stereocenters. The summed E-state index contributed by atoms with van der Waals surface area (Å²) in [5.41, 5.74) is 3.74. The van der Waals surface area contributed by atoms with E-state index in [0.717, 1.165) is 93.5 Å². The van der Waals surface area contributed by atoms with Crippen molar-refractivity contribution in [1.29, 1.82) is 0 Å². The van der Waals surface area contributed by atoms with Crippen LogP contribution in [0.3, 0.4) is 0 Å². The van der Waals surface area contributed by atoms with Gasteiger partial charge in [0.25, 0.3) is 0 Å². The molecular weight excluding hydrogens is 660 g/mol. The second kappa shape index (κ2) is 16.5. The molecule has 270 valence electrons. The van der Waals surface area contributed by atoms with Gasteiger partial charge >= 0.3 is 0 Å². The van der Waals surface area contributed by atoms with Crippen molar-refractivity contribution in [2.45, 2.75) is 57.9 Å². The molecule has 8 rings (SSSR count). The number of hydrogen-bond acceptors (Lipinski definition) is 8. The highest BCUT2D eigenvalue weighted by Gasteiger charge is 2.48. The van der Waals surface area contributed by atoms with Gasteiger partial charge in [0.1, 0.15) is 5.02 Å². The third kappa shape index (κ3) is 9.21. The number of nitrogens with one attached hydrogen (secondary N) is 4. The first-order valence-corrected chi connectivity index (χ1v) is 19.2. The molecule has 0 spiro atoms. The lowest BCUT2D eigenvalue weighted by Gasteiger charge is -2.54. The maximum atomic E-state index is 12.8. The first-order chi connectivity index (χ1) is 24.9. The number of anilines is 5. The summed E-state index contributed by atoms with van der Waals surface area (Å²) in [4.78, 5) is 38.3. The minimum atomic E-state index is -0.257. The number of hydrogen-bond donors (Lipinski definition) is 4. The fourth-order valence-corrected chi connectivity index (χ4v) is 9.31. The van der Waals surface area contributed by atoms with E-state index in [-0.39, 0.29) is 11.8 Å². The van der Waals surface area contributed by atoms with Crippen LogP contribution in [0.15, 0.2) is 67.4 Å². The normalized spacial score (nSPS) is 23.9. The molecule has 5 fully saturated rings. The molecule has 2 amide bonds. The Balaban J connectivity index is 0.797. The second-order valence-corrected chi connectivity index (χ2v) is 15.4. The van der Waals surface area contributed by atoms with E-state index in [1.165, 1.54) is 43.9 Å². The predicted molar refractivity (Wildman–Crippen MR) is 205 cm³/mol. The number of halogens is 1. The van der Waals surface area contributed by atoms with E-state index >= 15 is 0 Å². The monoisotopic (exact) mass is 710 g/mol. The van der Waals surface area contributed by atoms with Gasteiger partial charge in [0, 0.05) is 62.8 Å². The molecule has 1 aromatic heterocycles. The number of rotatable bonds is 15. The van der Waals surface area contributed by atoms with Gasteiger partial charge < -0.3 is 26.2 Å². The Morgan fingerprint density at radius 2 is 1.67 bits per heavy atom. The standard InChI is InChI=1S/C40H51ClN8O2/c1-2-37(50)45-33-7-5-6-27(23-33)25-43-39-36(41)26-44-40(47-39)46-32-8-10-34(11-9-32)49-16-14-48(15-17-49)13-4-3-12-42-38(51)24-35-30-19-28-18-29(21-30)22-31(35)20-28/h2,5-11,23,26,28-31,35H,1,3-4,12-22,24-25H2,(H,42,51)(H,45,50)(H2,43,44,46,47). The van der Waals surface area contributed by atoms with Crippen LogP contribution in [0.25, 0.3) is 0 Å². The van der Waals surface area contributed by atoms with Crippen LogP contribution in [0.1, 0.15) is 56.9 Å². The van der Waals surface area contributed by atoms with Crippen molar-refractivity contribution in [2.24, 2.45) is 29.6 Å². The zero-order valence-corrected chi connectivity index (χ0v) is 30.2. The molecule has 3 aromatic rings. The Hall–Kier alpha value is -4.15. The minimum Gasteiger partial charge on any atom is -0.369 e. The molecule has 0 radical (unpaired) electrons. The second-order valence-electron chi connectivity index (χ2n) is 15.0. The van der Waals surface area contributed by atoms with Gasteiger partial charge in [-0.3, -0.25) is 14.5 Å². The third-order valence-corrected chi connectivity index (χ3v) is 11.8. The van der Waals surface area contributed by atoms with Gasteiger partial charge in [0.2, 0.25) is 17.8 Å². The van der Waals surface area contributed by atoms with E-state index in [9.17, 15) is 9.59 Å². The van der Waals surface area contributed by atoms with E-state index in [0.29, 0.717) is 34.9 Å². The Morgan fingerprint density at radius 1 is 0.922 bits per heavy atom. The van der Waals surface area contributed by atoms with Crippen LogP contribution >= 0.6 is 11.6 Å². The SMILES string of the molecule is C=CC(=O)Nc1cccc(CNc2nc(Nc3ccc(N4CCN(CCCCNC(=O)CC5C6CC7CC(C6)CC5C7)CC4)cc3)ncc2Cl)c1. The summed E-state index contributed by atoms with van der Waals surface area (Å²) in [7, 11) is 0. The Bertz CT molecular complexity index is 1650. The molecule has 10 nitrogen and oxygen atoms in total. The summed E-state index contributed by atoms with van der Waals surface area (Å²) in [6.45, 7) is 9.92. The lowest BCUT2D eigenvalue weighted by atomic mass is 9.51. The molecule has 4 aliphatic carbocycles. The molecule has 1 aliphatic heterocycles.